The zero-order valence-corrected chi connectivity index (χ0v) is 31.9. The van der Waals surface area contributed by atoms with Gasteiger partial charge in [0, 0.05) is 38.1 Å². The van der Waals surface area contributed by atoms with Gasteiger partial charge in [0.25, 0.3) is 0 Å². The van der Waals surface area contributed by atoms with Gasteiger partial charge in [0.1, 0.15) is 11.6 Å². The number of ether oxygens (including phenoxy) is 3. The number of amides is 4. The summed E-state index contributed by atoms with van der Waals surface area (Å²) in [6, 6.07) is 19.3. The highest BCUT2D eigenvalue weighted by atomic mass is 32.1. The van der Waals surface area contributed by atoms with Crippen molar-refractivity contribution in [2.24, 2.45) is 0 Å². The summed E-state index contributed by atoms with van der Waals surface area (Å²) in [7, 11) is 1.53. The molecule has 0 spiro atoms. The zero-order chi connectivity index (χ0) is 37.8. The normalized spacial score (nSPS) is 12.9. The van der Waals surface area contributed by atoms with Crippen LogP contribution in [0.1, 0.15) is 59.1 Å². The smallest absolute Gasteiger partial charge is 0.329 e. The maximum Gasteiger partial charge on any atom is 0.329 e. The van der Waals surface area contributed by atoms with Gasteiger partial charge in [-0.25, -0.2) is 9.80 Å². The lowest BCUT2D eigenvalue weighted by molar-refractivity contribution is -0.180. The maximum atomic E-state index is 14.6. The summed E-state index contributed by atoms with van der Waals surface area (Å²) in [6.07, 6.45) is -1.17. The Labute approximate surface area is 309 Å². The molecule has 0 bridgehead atoms. The molecule has 0 aliphatic carbocycles. The number of thiophene rings is 1. The summed E-state index contributed by atoms with van der Waals surface area (Å²) < 4.78 is 18.4. The SMILES string of the molecule is CCOC(OCC)[C@H](C)N(Cc1csc2ccccc12)C(=O)[C@H](CC(=O)OC(C)(C)C)NC(=O)CN(C)NC(=O)NCc1cccc2ccccc12. The van der Waals surface area contributed by atoms with Crippen LogP contribution in [0.5, 0.6) is 0 Å². The van der Waals surface area contributed by atoms with Gasteiger partial charge in [-0.2, -0.15) is 0 Å². The van der Waals surface area contributed by atoms with Crippen LogP contribution >= 0.6 is 11.3 Å². The van der Waals surface area contributed by atoms with E-state index in [0.717, 1.165) is 32.0 Å². The zero-order valence-electron chi connectivity index (χ0n) is 31.1. The first-order chi connectivity index (χ1) is 24.8. The van der Waals surface area contributed by atoms with Crippen molar-refractivity contribution >= 4 is 56.0 Å². The molecule has 4 amide bonds. The van der Waals surface area contributed by atoms with Crippen molar-refractivity contribution in [3.63, 3.8) is 0 Å². The molecule has 0 saturated carbocycles. The molecule has 0 fully saturated rings. The monoisotopic (exact) mass is 733 g/mol. The molecule has 3 aromatic carbocycles. The molecule has 1 aromatic heterocycles. The van der Waals surface area contributed by atoms with Crippen LogP contribution in [0.15, 0.2) is 72.1 Å². The first-order valence-electron chi connectivity index (χ1n) is 17.5. The summed E-state index contributed by atoms with van der Waals surface area (Å²) in [5.41, 5.74) is 3.69. The van der Waals surface area contributed by atoms with Crippen molar-refractivity contribution < 1.29 is 33.4 Å². The van der Waals surface area contributed by atoms with E-state index in [2.05, 4.69) is 16.1 Å². The third-order valence-corrected chi connectivity index (χ3v) is 9.16. The van der Waals surface area contributed by atoms with Gasteiger partial charge in [-0.05, 0) is 80.3 Å². The second-order valence-corrected chi connectivity index (χ2v) is 14.4. The van der Waals surface area contributed by atoms with Crippen molar-refractivity contribution in [2.45, 2.75) is 85.0 Å². The van der Waals surface area contributed by atoms with Crippen LogP contribution in [-0.2, 0) is 41.7 Å². The average molecular weight is 734 g/mol. The van der Waals surface area contributed by atoms with E-state index in [4.69, 9.17) is 14.2 Å². The predicted octanol–water partition coefficient (Wildman–Crippen LogP) is 5.73. The number of benzene rings is 3. The number of esters is 1. The third-order valence-electron chi connectivity index (χ3n) is 8.15. The Hall–Kier alpha value is -4.56. The molecule has 4 aromatic rings. The van der Waals surface area contributed by atoms with Crippen molar-refractivity contribution in [2.75, 3.05) is 26.8 Å². The van der Waals surface area contributed by atoms with E-state index >= 15 is 0 Å². The number of urea groups is 1. The number of carbonyl (C=O) groups excluding carboxylic acids is 4. The number of hydrazine groups is 1. The van der Waals surface area contributed by atoms with Crippen molar-refractivity contribution in [1.82, 2.24) is 26.0 Å². The van der Waals surface area contributed by atoms with Gasteiger partial charge in [-0.15, -0.1) is 11.3 Å². The lowest BCUT2D eigenvalue weighted by Crippen LogP contribution is -2.56. The van der Waals surface area contributed by atoms with Crippen molar-refractivity contribution in [1.29, 1.82) is 0 Å². The molecule has 1 heterocycles. The molecule has 4 rings (SSSR count). The quantitative estimate of drug-likeness (QED) is 0.0711. The fraction of sp³-hybridized carbons (Fsp3) is 0.436. The fourth-order valence-corrected chi connectivity index (χ4v) is 6.80. The van der Waals surface area contributed by atoms with Crippen LogP contribution in [0, 0.1) is 0 Å². The minimum atomic E-state index is -1.29. The summed E-state index contributed by atoms with van der Waals surface area (Å²) in [6.45, 7) is 11.6. The molecule has 0 unspecified atom stereocenters. The Balaban J connectivity index is 1.51. The minimum absolute atomic E-state index is 0.180. The highest BCUT2D eigenvalue weighted by Crippen LogP contribution is 2.28. The highest BCUT2D eigenvalue weighted by molar-refractivity contribution is 7.17. The van der Waals surface area contributed by atoms with Crippen LogP contribution in [0.4, 0.5) is 4.79 Å². The molecular weight excluding hydrogens is 683 g/mol. The van der Waals surface area contributed by atoms with E-state index in [1.807, 2.05) is 92.9 Å². The molecule has 0 saturated heterocycles. The van der Waals surface area contributed by atoms with E-state index in [1.165, 1.54) is 12.1 Å². The van der Waals surface area contributed by atoms with Crippen LogP contribution in [0.3, 0.4) is 0 Å². The number of likely N-dealkylation sites (N-methyl/N-ethyl adjacent to an activating group) is 1. The average Bonchev–Trinajstić information content (AvgIpc) is 3.50. The van der Waals surface area contributed by atoms with Gasteiger partial charge >= 0.3 is 12.0 Å². The molecule has 3 N–H and O–H groups in total. The topological polar surface area (TPSA) is 139 Å². The van der Waals surface area contributed by atoms with Crippen LogP contribution in [0.2, 0.25) is 0 Å². The molecule has 12 nitrogen and oxygen atoms in total. The van der Waals surface area contributed by atoms with E-state index in [1.54, 1.807) is 37.0 Å². The molecule has 2 atom stereocenters. The Morgan fingerprint density at radius 3 is 2.21 bits per heavy atom. The van der Waals surface area contributed by atoms with E-state index in [-0.39, 0.29) is 19.6 Å². The lowest BCUT2D eigenvalue weighted by Gasteiger charge is -2.36. The second-order valence-electron chi connectivity index (χ2n) is 13.4. The van der Waals surface area contributed by atoms with Crippen molar-refractivity contribution in [3.8, 4) is 0 Å². The van der Waals surface area contributed by atoms with Gasteiger partial charge in [0.15, 0.2) is 6.29 Å². The molecule has 13 heteroatoms. The van der Waals surface area contributed by atoms with E-state index in [0.29, 0.717) is 13.2 Å². The summed E-state index contributed by atoms with van der Waals surface area (Å²) in [4.78, 5) is 55.6. The Morgan fingerprint density at radius 2 is 1.52 bits per heavy atom. The van der Waals surface area contributed by atoms with E-state index < -0.39 is 54.2 Å². The standard InChI is InChI=1S/C39H51N5O7S/c1-8-49-37(50-9-2)26(3)44(23-29-25-52-33-20-13-12-19-31(29)33)36(47)32(21-35(46)51-39(4,5)6)41-34(45)24-43(7)42-38(48)40-22-28-17-14-16-27-15-10-11-18-30(27)28/h10-20,25-26,32,37H,8-9,21-24H2,1-7H3,(H,41,45)(H2,40,42,48)/t26-,32-/m0/s1. The Bertz CT molecular complexity index is 1810. The number of nitrogens with zero attached hydrogens (tertiary/aromatic N) is 2. The summed E-state index contributed by atoms with van der Waals surface area (Å²) in [5.74, 6) is -1.74. The Kier molecular flexibility index (Phi) is 14.5. The molecular formula is C39H51N5O7S. The number of carbonyl (C=O) groups is 4. The van der Waals surface area contributed by atoms with Gasteiger partial charge in [-0.3, -0.25) is 19.8 Å². The number of hydrogen-bond donors (Lipinski definition) is 3. The summed E-state index contributed by atoms with van der Waals surface area (Å²) in [5, 5.41) is 12.0. The number of rotatable bonds is 17. The second kappa shape index (κ2) is 18.8. The van der Waals surface area contributed by atoms with Gasteiger partial charge in [-0.1, -0.05) is 60.7 Å². The minimum Gasteiger partial charge on any atom is -0.460 e. The van der Waals surface area contributed by atoms with Crippen LogP contribution < -0.4 is 16.1 Å². The van der Waals surface area contributed by atoms with Crippen LogP contribution in [-0.4, -0.2) is 84.5 Å². The van der Waals surface area contributed by atoms with Crippen LogP contribution in [0.25, 0.3) is 20.9 Å². The number of nitrogens with one attached hydrogen (secondary N) is 3. The van der Waals surface area contributed by atoms with Gasteiger partial charge in [0.05, 0.1) is 19.0 Å². The number of hydrogen-bond acceptors (Lipinski definition) is 9. The molecule has 280 valence electrons. The molecule has 0 aliphatic heterocycles. The third kappa shape index (κ3) is 11.5. The van der Waals surface area contributed by atoms with Gasteiger partial charge in [0.2, 0.25) is 11.8 Å². The van der Waals surface area contributed by atoms with Gasteiger partial charge < -0.3 is 29.7 Å². The van der Waals surface area contributed by atoms with E-state index in [9.17, 15) is 19.2 Å². The largest absolute Gasteiger partial charge is 0.460 e. The maximum absolute atomic E-state index is 14.6. The molecule has 52 heavy (non-hydrogen) atoms. The highest BCUT2D eigenvalue weighted by Gasteiger charge is 2.36. The first kappa shape index (κ1) is 40.2. The number of fused-ring (bicyclic) bond motifs is 2. The predicted molar refractivity (Wildman–Crippen MR) is 203 cm³/mol. The molecule has 0 aliphatic rings. The summed E-state index contributed by atoms with van der Waals surface area (Å²) >= 11 is 1.57. The first-order valence-corrected chi connectivity index (χ1v) is 18.4. The Morgan fingerprint density at radius 1 is 0.865 bits per heavy atom. The molecule has 0 radical (unpaired) electrons. The fourth-order valence-electron chi connectivity index (χ4n) is 5.84. The lowest BCUT2D eigenvalue weighted by atomic mass is 10.0. The van der Waals surface area contributed by atoms with Crippen molar-refractivity contribution in [3.05, 3.63) is 83.2 Å².